The molecule has 16 heteroatoms. The van der Waals surface area contributed by atoms with Crippen molar-refractivity contribution in [3.8, 4) is 11.8 Å². The second-order valence-electron chi connectivity index (χ2n) is 5.15. The minimum absolute atomic E-state index is 0.00913. The Hall–Kier alpha value is -3.14. The fraction of sp³-hybridized carbons (Fsp3) is 0.231. The number of imidazole rings is 1. The van der Waals surface area contributed by atoms with Gasteiger partial charge in [0.2, 0.25) is 17.7 Å². The maximum atomic E-state index is 13.2. The Morgan fingerprint density at radius 2 is 1.79 bits per heavy atom. The van der Waals surface area contributed by atoms with Gasteiger partial charge in [0.15, 0.2) is 15.7 Å². The summed E-state index contributed by atoms with van der Waals surface area (Å²) in [5.41, 5.74) is -1.65. The molecule has 156 valence electrons. The Bertz CT molecular complexity index is 1150. The average Bonchev–Trinajstić information content (AvgIpc) is 3.21. The second-order valence-corrected chi connectivity index (χ2v) is 7.63. The van der Waals surface area contributed by atoms with Gasteiger partial charge in [-0.05, 0) is 0 Å². The van der Waals surface area contributed by atoms with Gasteiger partial charge >= 0.3 is 12.2 Å². The fourth-order valence-corrected chi connectivity index (χ4v) is 4.16. The molecule has 11 nitrogen and oxygen atoms in total. The lowest BCUT2D eigenvalue weighted by molar-refractivity contribution is -0.143. The second kappa shape index (κ2) is 7.36. The molecule has 0 fully saturated rings. The molecule has 0 aliphatic carbocycles. The number of anilines is 1. The lowest BCUT2D eigenvalue weighted by atomic mass is 10.5. The van der Waals surface area contributed by atoms with Crippen LogP contribution >= 0.6 is 11.3 Å². The molecule has 0 atom stereocenters. The van der Waals surface area contributed by atoms with Crippen molar-refractivity contribution in [3.63, 3.8) is 0 Å². The Balaban J connectivity index is 1.92. The molecular formula is C13H11F3N6O5S2. The summed E-state index contributed by atoms with van der Waals surface area (Å²) in [5, 5.41) is 2.11. The third-order valence-corrected chi connectivity index (χ3v) is 5.40. The van der Waals surface area contributed by atoms with Gasteiger partial charge in [-0.2, -0.15) is 31.6 Å². The van der Waals surface area contributed by atoms with Crippen molar-refractivity contribution >= 4 is 38.3 Å². The average molecular weight is 452 g/mol. The summed E-state index contributed by atoms with van der Waals surface area (Å²) in [5.74, 6) is -0.422. The van der Waals surface area contributed by atoms with Crippen molar-refractivity contribution in [2.24, 2.45) is 0 Å². The van der Waals surface area contributed by atoms with Crippen LogP contribution in [0.15, 0.2) is 22.7 Å². The first-order valence-electron chi connectivity index (χ1n) is 7.38. The molecule has 0 saturated heterocycles. The van der Waals surface area contributed by atoms with Crippen molar-refractivity contribution in [2.45, 2.75) is 11.2 Å². The first-order chi connectivity index (χ1) is 13.5. The number of nitrogens with one attached hydrogen (secondary N) is 2. The molecule has 0 aromatic carbocycles. The van der Waals surface area contributed by atoms with E-state index >= 15 is 0 Å². The smallest absolute Gasteiger partial charge is 0.436 e. The number of hydrogen-bond acceptors (Lipinski definition) is 9. The fourth-order valence-electron chi connectivity index (χ4n) is 2.17. The molecular weight excluding hydrogens is 441 g/mol. The van der Waals surface area contributed by atoms with Crippen LogP contribution in [0.5, 0.6) is 11.8 Å². The first kappa shape index (κ1) is 20.6. The largest absolute Gasteiger partial charge is 0.481 e. The van der Waals surface area contributed by atoms with Crippen molar-refractivity contribution in [2.75, 3.05) is 19.5 Å². The number of ether oxygens (including phenoxy) is 2. The van der Waals surface area contributed by atoms with E-state index in [9.17, 15) is 26.4 Å². The third kappa shape index (κ3) is 4.16. The number of carbonyl (C=O) groups is 1. The highest BCUT2D eigenvalue weighted by Crippen LogP contribution is 2.35. The molecule has 3 aromatic rings. The summed E-state index contributed by atoms with van der Waals surface area (Å²) < 4.78 is 76.7. The van der Waals surface area contributed by atoms with Crippen LogP contribution in [0, 0.1) is 0 Å². The molecule has 2 amide bonds. The van der Waals surface area contributed by atoms with E-state index in [-0.39, 0.29) is 16.7 Å². The van der Waals surface area contributed by atoms with Crippen molar-refractivity contribution < 1.29 is 35.9 Å². The maximum absolute atomic E-state index is 13.2. The van der Waals surface area contributed by atoms with Crippen LogP contribution in [0.3, 0.4) is 0 Å². The van der Waals surface area contributed by atoms with Gasteiger partial charge in [0, 0.05) is 11.6 Å². The highest BCUT2D eigenvalue weighted by Gasteiger charge is 2.43. The Kier molecular flexibility index (Phi) is 5.22. The SMILES string of the molecule is COc1cc(OC)nc(NC(=O)NS(=O)(=O)c2c(C(F)(F)F)nc3sccn23)n1. The molecule has 0 bridgehead atoms. The number of nitrogens with zero attached hydrogens (tertiary/aromatic N) is 4. The minimum atomic E-state index is -5.06. The zero-order valence-corrected chi connectivity index (χ0v) is 16.1. The highest BCUT2D eigenvalue weighted by atomic mass is 32.2. The van der Waals surface area contributed by atoms with Crippen LogP contribution < -0.4 is 19.5 Å². The van der Waals surface area contributed by atoms with Crippen molar-refractivity contribution in [1.82, 2.24) is 24.1 Å². The molecule has 0 aliphatic rings. The zero-order chi connectivity index (χ0) is 21.4. The van der Waals surface area contributed by atoms with E-state index in [1.54, 1.807) is 0 Å². The normalized spacial score (nSPS) is 12.0. The lowest BCUT2D eigenvalue weighted by Crippen LogP contribution is -2.36. The van der Waals surface area contributed by atoms with Crippen molar-refractivity contribution in [1.29, 1.82) is 0 Å². The maximum Gasteiger partial charge on any atom is 0.436 e. The monoisotopic (exact) mass is 452 g/mol. The number of rotatable bonds is 5. The molecule has 3 rings (SSSR count). The van der Waals surface area contributed by atoms with E-state index < -0.39 is 38.9 Å². The molecule has 0 saturated carbocycles. The highest BCUT2D eigenvalue weighted by molar-refractivity contribution is 7.90. The van der Waals surface area contributed by atoms with Gasteiger partial charge in [-0.1, -0.05) is 0 Å². The van der Waals surface area contributed by atoms with E-state index in [0.29, 0.717) is 4.40 Å². The van der Waals surface area contributed by atoms with Crippen LogP contribution in [0.4, 0.5) is 23.9 Å². The number of thiazole rings is 1. The number of fused-ring (bicyclic) bond motifs is 1. The van der Waals surface area contributed by atoms with Gasteiger partial charge in [-0.15, -0.1) is 11.3 Å². The Morgan fingerprint density at radius 1 is 1.17 bits per heavy atom. The van der Waals surface area contributed by atoms with E-state index in [2.05, 4.69) is 15.0 Å². The number of amides is 2. The quantitative estimate of drug-likeness (QED) is 0.597. The number of alkyl halides is 3. The number of methoxy groups -OCH3 is 2. The molecule has 0 aliphatic heterocycles. The van der Waals surface area contributed by atoms with Crippen LogP contribution in [-0.4, -0.2) is 48.0 Å². The Morgan fingerprint density at radius 3 is 2.34 bits per heavy atom. The molecule has 29 heavy (non-hydrogen) atoms. The molecule has 3 aromatic heterocycles. The van der Waals surface area contributed by atoms with Gasteiger partial charge < -0.3 is 9.47 Å². The van der Waals surface area contributed by atoms with Gasteiger partial charge in [-0.25, -0.2) is 14.5 Å². The van der Waals surface area contributed by atoms with E-state index in [0.717, 1.165) is 17.5 Å². The number of sulfonamides is 1. The number of aromatic nitrogens is 4. The molecule has 0 unspecified atom stereocenters. The molecule has 0 radical (unpaired) electrons. The van der Waals surface area contributed by atoms with E-state index in [4.69, 9.17) is 9.47 Å². The minimum Gasteiger partial charge on any atom is -0.481 e. The summed E-state index contributed by atoms with van der Waals surface area (Å²) in [6.45, 7) is 0. The Labute approximate surface area is 164 Å². The predicted octanol–water partition coefficient (Wildman–Crippen LogP) is 1.73. The van der Waals surface area contributed by atoms with E-state index in [1.165, 1.54) is 30.4 Å². The van der Waals surface area contributed by atoms with E-state index in [1.807, 2.05) is 5.32 Å². The van der Waals surface area contributed by atoms with Crippen LogP contribution in [0.25, 0.3) is 4.96 Å². The van der Waals surface area contributed by atoms with Crippen LogP contribution in [0.2, 0.25) is 0 Å². The van der Waals surface area contributed by atoms with Gasteiger partial charge in [0.1, 0.15) is 0 Å². The van der Waals surface area contributed by atoms with Gasteiger partial charge in [0.25, 0.3) is 10.0 Å². The van der Waals surface area contributed by atoms with Crippen LogP contribution in [-0.2, 0) is 16.2 Å². The topological polar surface area (TPSA) is 137 Å². The third-order valence-electron chi connectivity index (χ3n) is 3.29. The van der Waals surface area contributed by atoms with Gasteiger partial charge in [0.05, 0.1) is 20.3 Å². The van der Waals surface area contributed by atoms with Crippen molar-refractivity contribution in [3.05, 3.63) is 23.3 Å². The summed E-state index contributed by atoms with van der Waals surface area (Å²) in [6.07, 6.45) is -3.97. The predicted molar refractivity (Wildman–Crippen MR) is 92.5 cm³/mol. The zero-order valence-electron chi connectivity index (χ0n) is 14.5. The van der Waals surface area contributed by atoms with Gasteiger partial charge in [-0.3, -0.25) is 9.72 Å². The summed E-state index contributed by atoms with van der Waals surface area (Å²) in [4.78, 5) is 22.7. The molecule has 3 heterocycles. The molecule has 0 spiro atoms. The van der Waals surface area contributed by atoms with Crippen LogP contribution in [0.1, 0.15) is 5.69 Å². The number of hydrogen-bond donors (Lipinski definition) is 2. The summed E-state index contributed by atoms with van der Waals surface area (Å²) >= 11 is 0.796. The lowest BCUT2D eigenvalue weighted by Gasteiger charge is -2.11. The summed E-state index contributed by atoms with van der Waals surface area (Å²) in [6, 6.07) is -0.117. The number of carbonyl (C=O) groups excluding carboxylic acids is 1. The summed E-state index contributed by atoms with van der Waals surface area (Å²) in [7, 11) is -2.41. The standard InChI is InChI=1S/C13H11F3N6O5S2/c1-26-6-5-7(27-2)18-10(17-6)20-11(23)21-29(24,25)9-8(13(14,15)16)19-12-22(9)3-4-28-12/h3-5H,1-2H3,(H2,17,18,20,21,23). The number of urea groups is 1. The first-order valence-corrected chi connectivity index (χ1v) is 9.75. The number of halogens is 3. The molecule has 2 N–H and O–H groups in total.